The highest BCUT2D eigenvalue weighted by atomic mass is 35.5. The lowest BCUT2D eigenvalue weighted by Gasteiger charge is -2.15. The quantitative estimate of drug-likeness (QED) is 0.688. The Morgan fingerprint density at radius 3 is 2.92 bits per heavy atom. The first kappa shape index (κ1) is 19.1. The molecule has 2 aromatic rings. The van der Waals surface area contributed by atoms with E-state index in [1.807, 2.05) is 23.6 Å². The van der Waals surface area contributed by atoms with Gasteiger partial charge in [-0.3, -0.25) is 4.99 Å². The minimum absolute atomic E-state index is 0.177. The summed E-state index contributed by atoms with van der Waals surface area (Å²) in [6.45, 7) is 2.77. The van der Waals surface area contributed by atoms with Crippen LogP contribution in [0.5, 0.6) is 0 Å². The van der Waals surface area contributed by atoms with Crippen LogP contribution in [0.1, 0.15) is 30.7 Å². The number of carboxylic acids is 1. The van der Waals surface area contributed by atoms with Crippen LogP contribution in [0.25, 0.3) is 11.3 Å². The Labute approximate surface area is 166 Å². The van der Waals surface area contributed by atoms with Gasteiger partial charge in [-0.2, -0.15) is 0 Å². The number of hydrogen-bond acceptors (Lipinski definition) is 4. The molecular weight excluding hydrogens is 391 g/mol. The van der Waals surface area contributed by atoms with Crippen LogP contribution in [0.4, 0.5) is 0 Å². The fraction of sp³-hybridized carbons (Fsp3) is 0.316. The van der Waals surface area contributed by atoms with Crippen molar-refractivity contribution in [2.24, 2.45) is 10.9 Å². The van der Waals surface area contributed by atoms with Gasteiger partial charge < -0.3 is 5.11 Å². The van der Waals surface area contributed by atoms with Gasteiger partial charge in [0.2, 0.25) is 0 Å². The Bertz CT molecular complexity index is 876. The van der Waals surface area contributed by atoms with E-state index in [-0.39, 0.29) is 17.4 Å². The SMILES string of the molecule is CC(CC1C=C(C(=O)O)C=NCC1)c1nc(-c2ccc(Cl)c(Cl)c2)cs1. The first-order chi connectivity index (χ1) is 12.4. The van der Waals surface area contributed by atoms with Crippen molar-refractivity contribution in [2.45, 2.75) is 25.7 Å². The van der Waals surface area contributed by atoms with Crippen molar-refractivity contribution in [3.63, 3.8) is 0 Å². The molecule has 26 heavy (non-hydrogen) atoms. The largest absolute Gasteiger partial charge is 0.478 e. The monoisotopic (exact) mass is 408 g/mol. The van der Waals surface area contributed by atoms with Gasteiger partial charge in [0.15, 0.2) is 0 Å². The predicted molar refractivity (Wildman–Crippen MR) is 108 cm³/mol. The van der Waals surface area contributed by atoms with Gasteiger partial charge in [0, 0.05) is 29.6 Å². The van der Waals surface area contributed by atoms with Crippen LogP contribution >= 0.6 is 34.5 Å². The molecule has 0 saturated heterocycles. The zero-order chi connectivity index (χ0) is 18.7. The molecule has 1 aromatic carbocycles. The third-order valence-electron chi connectivity index (χ3n) is 4.34. The van der Waals surface area contributed by atoms with Crippen molar-refractivity contribution in [2.75, 3.05) is 6.54 Å². The molecule has 4 nitrogen and oxygen atoms in total. The molecule has 2 heterocycles. The van der Waals surface area contributed by atoms with Gasteiger partial charge in [-0.15, -0.1) is 11.3 Å². The van der Waals surface area contributed by atoms with E-state index in [9.17, 15) is 9.90 Å². The van der Waals surface area contributed by atoms with Crippen molar-refractivity contribution < 1.29 is 9.90 Å². The van der Waals surface area contributed by atoms with Crippen molar-refractivity contribution in [3.8, 4) is 11.3 Å². The molecule has 1 aliphatic heterocycles. The molecule has 1 aromatic heterocycles. The third kappa shape index (κ3) is 4.53. The van der Waals surface area contributed by atoms with E-state index in [0.29, 0.717) is 16.6 Å². The van der Waals surface area contributed by atoms with Crippen LogP contribution in [0, 0.1) is 5.92 Å². The van der Waals surface area contributed by atoms with E-state index in [1.165, 1.54) is 6.21 Å². The van der Waals surface area contributed by atoms with Gasteiger partial charge in [0.1, 0.15) is 0 Å². The summed E-state index contributed by atoms with van der Waals surface area (Å²) < 4.78 is 0. The summed E-state index contributed by atoms with van der Waals surface area (Å²) in [5.74, 6) is -0.522. The maximum Gasteiger partial charge on any atom is 0.336 e. The van der Waals surface area contributed by atoms with Crippen molar-refractivity contribution in [3.05, 3.63) is 50.3 Å². The van der Waals surface area contributed by atoms with Gasteiger partial charge in [0.05, 0.1) is 26.3 Å². The molecule has 1 aliphatic rings. The highest BCUT2D eigenvalue weighted by Gasteiger charge is 2.19. The van der Waals surface area contributed by atoms with Gasteiger partial charge >= 0.3 is 5.97 Å². The number of carboxylic acid groups (broad SMARTS) is 1. The van der Waals surface area contributed by atoms with Crippen LogP contribution < -0.4 is 0 Å². The zero-order valence-corrected chi connectivity index (χ0v) is 16.5. The highest BCUT2D eigenvalue weighted by Crippen LogP contribution is 2.33. The van der Waals surface area contributed by atoms with Crippen molar-refractivity contribution in [1.82, 2.24) is 4.98 Å². The van der Waals surface area contributed by atoms with Crippen molar-refractivity contribution >= 4 is 46.7 Å². The minimum Gasteiger partial charge on any atom is -0.478 e. The smallest absolute Gasteiger partial charge is 0.336 e. The average molecular weight is 409 g/mol. The van der Waals surface area contributed by atoms with Crippen LogP contribution in [0.3, 0.4) is 0 Å². The van der Waals surface area contributed by atoms with E-state index < -0.39 is 5.97 Å². The molecule has 0 bridgehead atoms. The lowest BCUT2D eigenvalue weighted by Crippen LogP contribution is -2.07. The number of thiazole rings is 1. The summed E-state index contributed by atoms with van der Waals surface area (Å²) in [7, 11) is 0. The second-order valence-corrected chi connectivity index (χ2v) is 8.05. The molecule has 0 spiro atoms. The molecule has 2 unspecified atom stereocenters. The van der Waals surface area contributed by atoms with E-state index >= 15 is 0 Å². The molecule has 2 atom stereocenters. The summed E-state index contributed by atoms with van der Waals surface area (Å²) in [5, 5.41) is 13.3. The number of allylic oxidation sites excluding steroid dienone is 1. The number of rotatable bonds is 5. The highest BCUT2D eigenvalue weighted by molar-refractivity contribution is 7.10. The van der Waals surface area contributed by atoms with Crippen LogP contribution in [-0.4, -0.2) is 28.8 Å². The van der Waals surface area contributed by atoms with E-state index in [0.717, 1.165) is 29.1 Å². The third-order valence-corrected chi connectivity index (χ3v) is 6.15. The number of aliphatic imine (C=N–C) groups is 1. The summed E-state index contributed by atoms with van der Waals surface area (Å²) >= 11 is 13.7. The number of nitrogens with zero attached hydrogens (tertiary/aromatic N) is 2. The van der Waals surface area contributed by atoms with E-state index in [1.54, 1.807) is 17.4 Å². The average Bonchev–Trinajstić information content (AvgIpc) is 2.98. The molecule has 0 fully saturated rings. The lowest BCUT2D eigenvalue weighted by molar-refractivity contribution is -0.132. The summed E-state index contributed by atoms with van der Waals surface area (Å²) in [5.41, 5.74) is 2.08. The number of aromatic nitrogens is 1. The van der Waals surface area contributed by atoms with Gasteiger partial charge in [0.25, 0.3) is 0 Å². The number of aliphatic carboxylic acids is 1. The van der Waals surface area contributed by atoms with Crippen LogP contribution in [0.15, 0.2) is 40.2 Å². The standard InChI is InChI=1S/C19H18Cl2N2O2S/c1-11(6-12-4-5-22-9-14(7-12)19(24)25)18-23-17(10-26-18)13-2-3-15(20)16(21)8-13/h2-3,7-12H,4-6H2,1H3,(H,24,25). The zero-order valence-electron chi connectivity index (χ0n) is 14.2. The topological polar surface area (TPSA) is 62.5 Å². The van der Waals surface area contributed by atoms with Crippen LogP contribution in [0.2, 0.25) is 10.0 Å². The van der Waals surface area contributed by atoms with Crippen molar-refractivity contribution in [1.29, 1.82) is 0 Å². The molecule has 136 valence electrons. The molecule has 0 amide bonds. The Balaban J connectivity index is 1.73. The molecule has 0 aliphatic carbocycles. The molecular formula is C19H18Cl2N2O2S. The Morgan fingerprint density at radius 2 is 2.19 bits per heavy atom. The molecule has 3 rings (SSSR count). The molecule has 0 saturated carbocycles. The molecule has 7 heteroatoms. The Morgan fingerprint density at radius 1 is 1.38 bits per heavy atom. The maximum absolute atomic E-state index is 11.2. The Kier molecular flexibility index (Phi) is 6.12. The number of halogens is 2. The fourth-order valence-corrected chi connectivity index (χ4v) is 4.15. The van der Waals surface area contributed by atoms with Gasteiger partial charge in [-0.05, 0) is 30.9 Å². The van der Waals surface area contributed by atoms with Gasteiger partial charge in [-0.1, -0.05) is 42.3 Å². The van der Waals surface area contributed by atoms with Crippen LogP contribution in [-0.2, 0) is 4.79 Å². The second-order valence-electron chi connectivity index (χ2n) is 6.35. The lowest BCUT2D eigenvalue weighted by atomic mass is 9.92. The first-order valence-electron chi connectivity index (χ1n) is 8.30. The normalized spacial score (nSPS) is 18.3. The summed E-state index contributed by atoms with van der Waals surface area (Å²) in [4.78, 5) is 20.1. The van der Waals surface area contributed by atoms with E-state index in [4.69, 9.17) is 28.2 Å². The minimum atomic E-state index is -0.926. The maximum atomic E-state index is 11.2. The fourth-order valence-electron chi connectivity index (χ4n) is 2.95. The number of hydrogen-bond donors (Lipinski definition) is 1. The number of benzene rings is 1. The second kappa shape index (κ2) is 8.33. The molecule has 0 radical (unpaired) electrons. The van der Waals surface area contributed by atoms with E-state index in [2.05, 4.69) is 11.9 Å². The first-order valence-corrected chi connectivity index (χ1v) is 9.93. The predicted octanol–water partition coefficient (Wildman–Crippen LogP) is 5.71. The summed E-state index contributed by atoms with van der Waals surface area (Å²) in [6.07, 6.45) is 4.97. The summed E-state index contributed by atoms with van der Waals surface area (Å²) in [6, 6.07) is 5.49. The Hall–Kier alpha value is -1.69. The number of carbonyl (C=O) groups is 1. The molecule has 1 N–H and O–H groups in total. The van der Waals surface area contributed by atoms with Gasteiger partial charge in [-0.25, -0.2) is 9.78 Å².